The summed E-state index contributed by atoms with van der Waals surface area (Å²) in [5.74, 6) is 0.00902. The van der Waals surface area contributed by atoms with Crippen LogP contribution >= 0.6 is 0 Å². The maximum atomic E-state index is 12.6. The molecule has 2 fully saturated rings. The number of nitrogens with one attached hydrogen (secondary N) is 1. The molecule has 32 heavy (non-hydrogen) atoms. The van der Waals surface area contributed by atoms with Crippen molar-refractivity contribution < 1.29 is 13.2 Å². The molecule has 0 bridgehead atoms. The normalized spacial score (nSPS) is 17.6. The molecule has 2 aliphatic heterocycles. The molecule has 0 radical (unpaired) electrons. The molecule has 2 aromatic carbocycles. The van der Waals surface area contributed by atoms with E-state index in [1.54, 1.807) is 16.4 Å². The van der Waals surface area contributed by atoms with Gasteiger partial charge in [0.25, 0.3) is 0 Å². The first-order chi connectivity index (χ1) is 15.5. The molecule has 1 amide bonds. The van der Waals surface area contributed by atoms with E-state index in [1.807, 2.05) is 18.2 Å². The highest BCUT2D eigenvalue weighted by molar-refractivity contribution is 7.89. The van der Waals surface area contributed by atoms with E-state index in [2.05, 4.69) is 28.4 Å². The highest BCUT2D eigenvalue weighted by Crippen LogP contribution is 2.21. The molecular formula is C25H33N3O3S. The van der Waals surface area contributed by atoms with E-state index in [9.17, 15) is 13.2 Å². The number of hydrogen-bond acceptors (Lipinski definition) is 4. The minimum Gasteiger partial charge on any atom is -0.352 e. The van der Waals surface area contributed by atoms with Gasteiger partial charge in [-0.3, -0.25) is 9.69 Å². The molecule has 2 aliphatic rings. The maximum absolute atomic E-state index is 12.6. The van der Waals surface area contributed by atoms with Crippen LogP contribution in [0.5, 0.6) is 0 Å². The highest BCUT2D eigenvalue weighted by Gasteiger charge is 2.26. The fourth-order valence-corrected chi connectivity index (χ4v) is 6.03. The number of likely N-dealkylation sites (tertiary alicyclic amines) is 1. The zero-order valence-corrected chi connectivity index (χ0v) is 19.4. The summed E-state index contributed by atoms with van der Waals surface area (Å²) in [4.78, 5) is 15.2. The van der Waals surface area contributed by atoms with E-state index in [1.165, 1.54) is 24.0 Å². The van der Waals surface area contributed by atoms with Crippen LogP contribution in [0.25, 0.3) is 0 Å². The number of nitrogens with zero attached hydrogens (tertiary/aromatic N) is 2. The summed E-state index contributed by atoms with van der Waals surface area (Å²) < 4.78 is 26.8. The van der Waals surface area contributed by atoms with Crippen LogP contribution in [0, 0.1) is 0 Å². The predicted molar refractivity (Wildman–Crippen MR) is 126 cm³/mol. The Morgan fingerprint density at radius 1 is 0.844 bits per heavy atom. The van der Waals surface area contributed by atoms with Crippen LogP contribution in [0.4, 0.5) is 0 Å². The smallest absolute Gasteiger partial charge is 0.243 e. The number of benzene rings is 2. The minimum atomic E-state index is -3.39. The van der Waals surface area contributed by atoms with Crippen LogP contribution in [0.2, 0.25) is 0 Å². The van der Waals surface area contributed by atoms with E-state index < -0.39 is 10.0 Å². The zero-order valence-electron chi connectivity index (χ0n) is 18.6. The first-order valence-electron chi connectivity index (χ1n) is 11.7. The van der Waals surface area contributed by atoms with Crippen LogP contribution in [0.15, 0.2) is 53.4 Å². The van der Waals surface area contributed by atoms with Gasteiger partial charge in [-0.25, -0.2) is 8.42 Å². The number of aryl methyl sites for hydroxylation is 1. The van der Waals surface area contributed by atoms with Crippen molar-refractivity contribution in [2.45, 2.75) is 56.5 Å². The lowest BCUT2D eigenvalue weighted by Crippen LogP contribution is -2.27. The SMILES string of the molecule is O=C(CCc1ccc(S(=O)(=O)N2CCCC2)cc1)NCc1ccccc1CN1CCCC1. The van der Waals surface area contributed by atoms with E-state index in [4.69, 9.17) is 0 Å². The summed E-state index contributed by atoms with van der Waals surface area (Å²) in [7, 11) is -3.39. The summed E-state index contributed by atoms with van der Waals surface area (Å²) in [5, 5.41) is 3.05. The second-order valence-electron chi connectivity index (χ2n) is 8.78. The average Bonchev–Trinajstić information content (AvgIpc) is 3.52. The van der Waals surface area contributed by atoms with Crippen LogP contribution in [0.3, 0.4) is 0 Å². The summed E-state index contributed by atoms with van der Waals surface area (Å²) in [6, 6.07) is 15.3. The van der Waals surface area contributed by atoms with Crippen molar-refractivity contribution in [2.24, 2.45) is 0 Å². The Kier molecular flexibility index (Phi) is 7.60. The van der Waals surface area contributed by atoms with Crippen molar-refractivity contribution in [1.29, 1.82) is 0 Å². The Hall–Kier alpha value is -2.22. The Bertz CT molecular complexity index is 1010. The standard InChI is InChI=1S/C25H33N3O3S/c29-25(26-19-22-7-1-2-8-23(22)20-27-15-3-4-16-27)14-11-21-9-12-24(13-10-21)32(30,31)28-17-5-6-18-28/h1-2,7-10,12-13H,3-6,11,14-20H2,(H,26,29). The number of hydrogen-bond donors (Lipinski definition) is 1. The molecule has 0 unspecified atom stereocenters. The maximum Gasteiger partial charge on any atom is 0.243 e. The average molecular weight is 456 g/mol. The van der Waals surface area contributed by atoms with Gasteiger partial charge in [-0.1, -0.05) is 36.4 Å². The van der Waals surface area contributed by atoms with Gasteiger partial charge in [-0.15, -0.1) is 0 Å². The number of carbonyl (C=O) groups excluding carboxylic acids is 1. The second-order valence-corrected chi connectivity index (χ2v) is 10.7. The summed E-state index contributed by atoms with van der Waals surface area (Å²) in [6.45, 7) is 4.99. The number of sulfonamides is 1. The third-order valence-corrected chi connectivity index (χ3v) is 8.37. The van der Waals surface area contributed by atoms with Crippen LogP contribution < -0.4 is 5.32 Å². The molecule has 2 saturated heterocycles. The van der Waals surface area contributed by atoms with Gasteiger partial charge < -0.3 is 5.32 Å². The lowest BCUT2D eigenvalue weighted by Gasteiger charge is -2.17. The third kappa shape index (κ3) is 5.77. The fourth-order valence-electron chi connectivity index (χ4n) is 4.51. The van der Waals surface area contributed by atoms with Crippen molar-refractivity contribution in [3.05, 3.63) is 65.2 Å². The zero-order chi connectivity index (χ0) is 22.4. The van der Waals surface area contributed by atoms with E-state index >= 15 is 0 Å². The molecule has 0 aliphatic carbocycles. The molecule has 0 atom stereocenters. The molecule has 0 saturated carbocycles. The van der Waals surface area contributed by atoms with Crippen molar-refractivity contribution in [2.75, 3.05) is 26.2 Å². The van der Waals surface area contributed by atoms with Crippen LogP contribution in [-0.2, 0) is 34.3 Å². The minimum absolute atomic E-state index is 0.00902. The molecular weight excluding hydrogens is 422 g/mol. The van der Waals surface area contributed by atoms with Crippen molar-refractivity contribution in [1.82, 2.24) is 14.5 Å². The Morgan fingerprint density at radius 2 is 1.47 bits per heavy atom. The van der Waals surface area contributed by atoms with Gasteiger partial charge in [-0.2, -0.15) is 4.31 Å². The number of rotatable bonds is 9. The van der Waals surface area contributed by atoms with E-state index in [0.29, 0.717) is 37.4 Å². The molecule has 2 heterocycles. The van der Waals surface area contributed by atoms with Crippen LogP contribution in [-0.4, -0.2) is 49.7 Å². The third-order valence-electron chi connectivity index (χ3n) is 6.45. The van der Waals surface area contributed by atoms with Gasteiger partial charge in [-0.05, 0) is 74.0 Å². The fraction of sp³-hybridized carbons (Fsp3) is 0.480. The van der Waals surface area contributed by atoms with Crippen molar-refractivity contribution in [3.63, 3.8) is 0 Å². The van der Waals surface area contributed by atoms with Gasteiger partial charge in [0.15, 0.2) is 0 Å². The lowest BCUT2D eigenvalue weighted by molar-refractivity contribution is -0.121. The van der Waals surface area contributed by atoms with Gasteiger partial charge in [0.2, 0.25) is 15.9 Å². The summed E-state index contributed by atoms with van der Waals surface area (Å²) in [6.07, 6.45) is 5.36. The number of carbonyl (C=O) groups is 1. The molecule has 172 valence electrons. The molecule has 0 spiro atoms. The Balaban J connectivity index is 1.26. The molecule has 4 rings (SSSR count). The van der Waals surface area contributed by atoms with Crippen molar-refractivity contribution >= 4 is 15.9 Å². The summed E-state index contributed by atoms with van der Waals surface area (Å²) in [5.41, 5.74) is 3.42. The van der Waals surface area contributed by atoms with Crippen molar-refractivity contribution in [3.8, 4) is 0 Å². The number of amides is 1. The molecule has 2 aromatic rings. The molecule has 7 heteroatoms. The topological polar surface area (TPSA) is 69.7 Å². The van der Waals surface area contributed by atoms with Gasteiger partial charge >= 0.3 is 0 Å². The largest absolute Gasteiger partial charge is 0.352 e. The molecule has 6 nitrogen and oxygen atoms in total. The monoisotopic (exact) mass is 455 g/mol. The van der Waals surface area contributed by atoms with E-state index in [-0.39, 0.29) is 5.91 Å². The van der Waals surface area contributed by atoms with Gasteiger partial charge in [0.1, 0.15) is 0 Å². The van der Waals surface area contributed by atoms with Crippen LogP contribution in [0.1, 0.15) is 48.8 Å². The lowest BCUT2D eigenvalue weighted by atomic mass is 10.1. The van der Waals surface area contributed by atoms with Gasteiger partial charge in [0.05, 0.1) is 4.90 Å². The Labute approximate surface area is 191 Å². The Morgan fingerprint density at radius 3 is 2.16 bits per heavy atom. The molecule has 0 aromatic heterocycles. The quantitative estimate of drug-likeness (QED) is 0.630. The first kappa shape index (κ1) is 23.0. The molecule has 1 N–H and O–H groups in total. The van der Waals surface area contributed by atoms with Gasteiger partial charge in [0, 0.05) is 32.6 Å². The highest BCUT2D eigenvalue weighted by atomic mass is 32.2. The first-order valence-corrected chi connectivity index (χ1v) is 13.1. The second kappa shape index (κ2) is 10.6. The summed E-state index contributed by atoms with van der Waals surface area (Å²) >= 11 is 0. The van der Waals surface area contributed by atoms with E-state index in [0.717, 1.165) is 38.0 Å². The predicted octanol–water partition coefficient (Wildman–Crippen LogP) is 3.32.